The van der Waals surface area contributed by atoms with Crippen LogP contribution in [-0.4, -0.2) is 25.6 Å². The molecule has 0 spiro atoms. The fourth-order valence-corrected chi connectivity index (χ4v) is 1.03. The van der Waals surface area contributed by atoms with E-state index in [9.17, 15) is 35.8 Å². The Morgan fingerprint density at radius 1 is 0.938 bits per heavy atom. The van der Waals surface area contributed by atoms with E-state index in [2.05, 4.69) is 9.05 Å². The molecule has 4 nitrogen and oxygen atoms in total. The Balaban J connectivity index is 0. The van der Waals surface area contributed by atoms with Crippen LogP contribution in [0.15, 0.2) is 0 Å². The molecule has 0 aromatic carbocycles. The quantitative estimate of drug-likeness (QED) is 0.358. The van der Waals surface area contributed by atoms with E-state index in [0.29, 0.717) is 0 Å². The first-order valence-corrected chi connectivity index (χ1v) is 4.61. The Morgan fingerprint density at radius 2 is 1.19 bits per heavy atom. The minimum absolute atomic E-state index is 0. The van der Waals surface area contributed by atoms with E-state index in [1.54, 1.807) is 0 Å². The second kappa shape index (κ2) is 6.28. The zero-order valence-electron chi connectivity index (χ0n) is 7.76. The summed E-state index contributed by atoms with van der Waals surface area (Å²) < 4.78 is 85.0. The van der Waals surface area contributed by atoms with E-state index in [-0.39, 0.29) is 18.9 Å². The number of phosphoric ester groups is 1. The Hall–Kier alpha value is 0.287. The summed E-state index contributed by atoms with van der Waals surface area (Å²) in [6, 6.07) is 0. The first kappa shape index (κ1) is 18.6. The second-order valence-electron chi connectivity index (χ2n) is 2.22. The Bertz CT molecular complexity index is 230. The summed E-state index contributed by atoms with van der Waals surface area (Å²) in [6.07, 6.45) is -9.94. The van der Waals surface area contributed by atoms with Gasteiger partial charge in [-0.05, 0) is 0 Å². The van der Waals surface area contributed by atoms with E-state index in [0.717, 1.165) is 0 Å². The van der Waals surface area contributed by atoms with Gasteiger partial charge in [0.25, 0.3) is 7.82 Å². The summed E-state index contributed by atoms with van der Waals surface area (Å²) in [5, 5.41) is 0. The van der Waals surface area contributed by atoms with Gasteiger partial charge in [-0.1, -0.05) is 0 Å². The standard InChI is InChI=1S/C4H5F6O4P.Li/c5-3(6,7)1-13-15(11,12)14-2-4(8,9)10;/h1-2H2,(H,11,12);/q;+1/p-1. The molecular weight excluding hydrogens is 264 g/mol. The molecule has 0 heterocycles. The number of rotatable bonds is 4. The smallest absolute Gasteiger partial charge is 0.756 e. The third-order valence-corrected chi connectivity index (χ3v) is 1.66. The van der Waals surface area contributed by atoms with Crippen LogP contribution in [0.25, 0.3) is 0 Å². The van der Waals surface area contributed by atoms with E-state index in [1.807, 2.05) is 0 Å². The van der Waals surface area contributed by atoms with Crippen molar-refractivity contribution in [2.24, 2.45) is 0 Å². The van der Waals surface area contributed by atoms with Crippen molar-refractivity contribution in [3.63, 3.8) is 0 Å². The average Bonchev–Trinajstić information content (AvgIpc) is 1.96. The van der Waals surface area contributed by atoms with Gasteiger partial charge in [0, 0.05) is 0 Å². The van der Waals surface area contributed by atoms with E-state index in [1.165, 1.54) is 0 Å². The molecule has 0 rings (SSSR count). The molecule has 0 saturated carbocycles. The summed E-state index contributed by atoms with van der Waals surface area (Å²) in [7, 11) is -5.58. The molecule has 0 atom stereocenters. The molecule has 16 heavy (non-hydrogen) atoms. The second-order valence-corrected chi connectivity index (χ2v) is 3.64. The number of alkyl halides is 6. The Kier molecular flexibility index (Phi) is 7.32. The van der Waals surface area contributed by atoms with Crippen LogP contribution in [0.5, 0.6) is 0 Å². The Morgan fingerprint density at radius 3 is 1.38 bits per heavy atom. The molecule has 0 radical (unpaired) electrons. The molecular formula is C4H4F6LiO4P. The first-order valence-electron chi connectivity index (χ1n) is 3.15. The molecule has 0 bridgehead atoms. The van der Waals surface area contributed by atoms with Crippen molar-refractivity contribution >= 4 is 7.82 Å². The van der Waals surface area contributed by atoms with Crippen LogP contribution in [0.3, 0.4) is 0 Å². The minimum atomic E-state index is -5.58. The first-order chi connectivity index (χ1) is 6.41. The average molecular weight is 268 g/mol. The molecule has 0 fully saturated rings. The topological polar surface area (TPSA) is 58.6 Å². The molecule has 0 aliphatic heterocycles. The molecule has 0 aromatic heterocycles. The van der Waals surface area contributed by atoms with E-state index >= 15 is 0 Å². The van der Waals surface area contributed by atoms with E-state index < -0.39 is 33.4 Å². The molecule has 0 aliphatic rings. The van der Waals surface area contributed by atoms with Crippen LogP contribution in [0, 0.1) is 0 Å². The molecule has 0 unspecified atom stereocenters. The maximum atomic E-state index is 11.4. The van der Waals surface area contributed by atoms with Crippen molar-refractivity contribution < 1.29 is 63.7 Å². The fourth-order valence-electron chi connectivity index (χ4n) is 0.342. The third kappa shape index (κ3) is 12.4. The molecule has 0 aromatic rings. The number of phosphoric acid groups is 1. The summed E-state index contributed by atoms with van der Waals surface area (Å²) in [6.45, 7) is -4.46. The van der Waals surface area contributed by atoms with Gasteiger partial charge < -0.3 is 13.9 Å². The predicted octanol–water partition coefficient (Wildman–Crippen LogP) is -1.38. The van der Waals surface area contributed by atoms with Crippen LogP contribution in [-0.2, 0) is 13.6 Å². The van der Waals surface area contributed by atoms with Gasteiger partial charge in [-0.15, -0.1) is 0 Å². The van der Waals surface area contributed by atoms with Crippen molar-refractivity contribution in [3.05, 3.63) is 0 Å². The molecule has 12 heteroatoms. The van der Waals surface area contributed by atoms with Crippen LogP contribution in [0.2, 0.25) is 0 Å². The van der Waals surface area contributed by atoms with Gasteiger partial charge in [0.2, 0.25) is 0 Å². The van der Waals surface area contributed by atoms with Crippen LogP contribution >= 0.6 is 7.82 Å². The summed E-state index contributed by atoms with van der Waals surface area (Å²) >= 11 is 0. The van der Waals surface area contributed by atoms with Crippen LogP contribution in [0.4, 0.5) is 26.3 Å². The van der Waals surface area contributed by atoms with Gasteiger partial charge in [0.05, 0.1) is 0 Å². The summed E-state index contributed by atoms with van der Waals surface area (Å²) in [5.74, 6) is 0. The van der Waals surface area contributed by atoms with Gasteiger partial charge in [-0.2, -0.15) is 26.3 Å². The van der Waals surface area contributed by atoms with Crippen molar-refractivity contribution in [1.82, 2.24) is 0 Å². The molecule has 0 N–H and O–H groups in total. The zero-order valence-corrected chi connectivity index (χ0v) is 8.66. The summed E-state index contributed by atoms with van der Waals surface area (Å²) in [5.41, 5.74) is 0. The van der Waals surface area contributed by atoms with Gasteiger partial charge in [0.1, 0.15) is 0 Å². The largest absolute Gasteiger partial charge is 1.00 e. The summed E-state index contributed by atoms with van der Waals surface area (Å²) in [4.78, 5) is 10.3. The van der Waals surface area contributed by atoms with Gasteiger partial charge in [0.15, 0.2) is 13.2 Å². The van der Waals surface area contributed by atoms with E-state index in [4.69, 9.17) is 0 Å². The SMILES string of the molecule is O=P([O-])(OCC(F)(F)F)OCC(F)(F)F.[Li+]. The molecule has 0 aliphatic carbocycles. The minimum Gasteiger partial charge on any atom is -0.756 e. The monoisotopic (exact) mass is 268 g/mol. The third-order valence-electron chi connectivity index (χ3n) is 0.773. The van der Waals surface area contributed by atoms with Crippen molar-refractivity contribution in [2.75, 3.05) is 13.2 Å². The predicted molar refractivity (Wildman–Crippen MR) is 31.6 cm³/mol. The van der Waals surface area contributed by atoms with Crippen LogP contribution < -0.4 is 23.8 Å². The van der Waals surface area contributed by atoms with Gasteiger partial charge in [-0.25, -0.2) is 0 Å². The van der Waals surface area contributed by atoms with Crippen molar-refractivity contribution in [1.29, 1.82) is 0 Å². The molecule has 0 amide bonds. The molecule has 92 valence electrons. The zero-order chi connectivity index (χ0) is 12.3. The number of hydrogen-bond donors (Lipinski definition) is 0. The van der Waals surface area contributed by atoms with Crippen molar-refractivity contribution in [2.45, 2.75) is 12.4 Å². The molecule has 0 saturated heterocycles. The number of hydrogen-bond acceptors (Lipinski definition) is 4. The maximum Gasteiger partial charge on any atom is 1.00 e. The fraction of sp³-hybridized carbons (Fsp3) is 1.00. The normalized spacial score (nSPS) is 13.4. The van der Waals surface area contributed by atoms with Crippen molar-refractivity contribution in [3.8, 4) is 0 Å². The van der Waals surface area contributed by atoms with Gasteiger partial charge >= 0.3 is 31.2 Å². The van der Waals surface area contributed by atoms with Gasteiger partial charge in [-0.3, -0.25) is 4.57 Å². The maximum absolute atomic E-state index is 11.4. The van der Waals surface area contributed by atoms with Crippen LogP contribution in [0.1, 0.15) is 0 Å². The Labute approximate surface area is 97.7 Å². The number of halogens is 6.